The van der Waals surface area contributed by atoms with Crippen LogP contribution in [0, 0.1) is 12.7 Å². The molecule has 1 aromatic heterocycles. The van der Waals surface area contributed by atoms with E-state index in [9.17, 15) is 9.18 Å². The summed E-state index contributed by atoms with van der Waals surface area (Å²) < 4.78 is 13.2. The molecule has 0 bridgehead atoms. The number of halogens is 1. The highest BCUT2D eigenvalue weighted by molar-refractivity contribution is 7.18. The molecule has 4 rings (SSSR count). The van der Waals surface area contributed by atoms with Gasteiger partial charge in [-0.25, -0.2) is 9.37 Å². The summed E-state index contributed by atoms with van der Waals surface area (Å²) in [4.78, 5) is 18.6. The maximum Gasteiger partial charge on any atom is 0.226 e. The lowest BCUT2D eigenvalue weighted by atomic mass is 10.1. The summed E-state index contributed by atoms with van der Waals surface area (Å²) in [6.07, 6.45) is 0.179. The van der Waals surface area contributed by atoms with Gasteiger partial charge in [-0.2, -0.15) is 0 Å². The number of aryl methyl sites for hydroxylation is 1. The van der Waals surface area contributed by atoms with Crippen LogP contribution in [0.1, 0.15) is 29.8 Å². The molecule has 4 aromatic rings. The van der Waals surface area contributed by atoms with Crippen molar-refractivity contribution in [2.45, 2.75) is 26.3 Å². The fourth-order valence-corrected chi connectivity index (χ4v) is 4.48. The van der Waals surface area contributed by atoms with E-state index in [0.717, 1.165) is 32.3 Å². The average Bonchev–Trinajstić information content (AvgIpc) is 3.19. The van der Waals surface area contributed by atoms with Crippen LogP contribution in [0.2, 0.25) is 0 Å². The molecule has 5 heteroatoms. The third-order valence-corrected chi connectivity index (χ3v) is 6.30. The minimum Gasteiger partial charge on any atom is -0.349 e. The zero-order chi connectivity index (χ0) is 21.8. The number of hydrogen-bond donors (Lipinski definition) is 1. The summed E-state index contributed by atoms with van der Waals surface area (Å²) in [7, 11) is 0. The van der Waals surface area contributed by atoms with Gasteiger partial charge in [0.2, 0.25) is 5.91 Å². The Morgan fingerprint density at radius 1 is 0.968 bits per heavy atom. The van der Waals surface area contributed by atoms with Gasteiger partial charge in [-0.15, -0.1) is 11.3 Å². The summed E-state index contributed by atoms with van der Waals surface area (Å²) in [5.74, 6) is -0.406. The Hall–Kier alpha value is -3.31. The first-order valence-corrected chi connectivity index (χ1v) is 11.0. The smallest absolute Gasteiger partial charge is 0.226 e. The van der Waals surface area contributed by atoms with Gasteiger partial charge < -0.3 is 5.32 Å². The first kappa shape index (κ1) is 20.9. The number of carbonyl (C=O) groups is 1. The molecule has 0 aliphatic carbocycles. The molecule has 1 atom stereocenters. The van der Waals surface area contributed by atoms with Crippen molar-refractivity contribution in [3.63, 3.8) is 0 Å². The van der Waals surface area contributed by atoms with Crippen molar-refractivity contribution in [2.24, 2.45) is 0 Å². The van der Waals surface area contributed by atoms with Crippen LogP contribution in [-0.2, 0) is 11.2 Å². The van der Waals surface area contributed by atoms with E-state index in [-0.39, 0.29) is 24.2 Å². The van der Waals surface area contributed by atoms with Crippen molar-refractivity contribution in [1.29, 1.82) is 0 Å². The van der Waals surface area contributed by atoms with Crippen molar-refractivity contribution < 1.29 is 9.18 Å². The van der Waals surface area contributed by atoms with Crippen LogP contribution in [0.5, 0.6) is 0 Å². The van der Waals surface area contributed by atoms with Gasteiger partial charge in [0.05, 0.1) is 23.0 Å². The van der Waals surface area contributed by atoms with E-state index in [1.54, 1.807) is 23.5 Å². The molecule has 0 saturated carbocycles. The molecule has 0 radical (unpaired) electrons. The first-order chi connectivity index (χ1) is 15.0. The number of benzene rings is 3. The normalized spacial score (nSPS) is 11.8. The highest BCUT2D eigenvalue weighted by Crippen LogP contribution is 2.36. The van der Waals surface area contributed by atoms with Crippen LogP contribution in [-0.4, -0.2) is 10.9 Å². The molecule has 31 heavy (non-hydrogen) atoms. The Morgan fingerprint density at radius 3 is 2.32 bits per heavy atom. The number of aromatic nitrogens is 1. The molecule has 0 aliphatic rings. The van der Waals surface area contributed by atoms with Crippen LogP contribution >= 0.6 is 11.3 Å². The molecule has 0 fully saturated rings. The molecule has 1 amide bonds. The standard InChI is InChI=1S/C26H23FN2OS/c1-17-8-10-20(11-9-17)25-23(29-26(31-25)21-6-4-3-5-7-21)16-24(30)28-18(2)19-12-14-22(27)15-13-19/h3-15,18H,16H2,1-2H3,(H,28,30). The molecule has 0 aliphatic heterocycles. The summed E-state index contributed by atoms with van der Waals surface area (Å²) in [6.45, 7) is 3.94. The maximum atomic E-state index is 13.2. The molecule has 1 unspecified atom stereocenters. The summed E-state index contributed by atoms with van der Waals surface area (Å²) in [5.41, 5.74) is 4.89. The highest BCUT2D eigenvalue weighted by atomic mass is 32.1. The molecule has 3 aromatic carbocycles. The fourth-order valence-electron chi connectivity index (χ4n) is 3.39. The second-order valence-electron chi connectivity index (χ2n) is 7.54. The maximum absolute atomic E-state index is 13.2. The predicted octanol–water partition coefficient (Wildman–Crippen LogP) is 6.34. The zero-order valence-electron chi connectivity index (χ0n) is 17.4. The third kappa shape index (κ3) is 5.06. The Labute approximate surface area is 185 Å². The lowest BCUT2D eigenvalue weighted by Crippen LogP contribution is -2.28. The number of hydrogen-bond acceptors (Lipinski definition) is 3. The molecule has 1 heterocycles. The quantitative estimate of drug-likeness (QED) is 0.388. The van der Waals surface area contributed by atoms with Gasteiger partial charge in [-0.3, -0.25) is 4.79 Å². The zero-order valence-corrected chi connectivity index (χ0v) is 18.2. The van der Waals surface area contributed by atoms with Gasteiger partial charge in [-0.1, -0.05) is 72.3 Å². The number of amides is 1. The van der Waals surface area contributed by atoms with Crippen LogP contribution in [0.15, 0.2) is 78.9 Å². The van der Waals surface area contributed by atoms with Gasteiger partial charge in [-0.05, 0) is 37.1 Å². The number of carbonyl (C=O) groups excluding carboxylic acids is 1. The van der Waals surface area contributed by atoms with Gasteiger partial charge >= 0.3 is 0 Å². The summed E-state index contributed by atoms with van der Waals surface area (Å²) in [6, 6.07) is 24.2. The molecule has 3 nitrogen and oxygen atoms in total. The minimum absolute atomic E-state index is 0.116. The van der Waals surface area contributed by atoms with Crippen molar-refractivity contribution >= 4 is 17.2 Å². The van der Waals surface area contributed by atoms with Crippen molar-refractivity contribution in [1.82, 2.24) is 10.3 Å². The second kappa shape index (κ2) is 9.23. The topological polar surface area (TPSA) is 42.0 Å². The van der Waals surface area contributed by atoms with Gasteiger partial charge in [0.25, 0.3) is 0 Å². The van der Waals surface area contributed by atoms with Crippen LogP contribution in [0.25, 0.3) is 21.0 Å². The Balaban J connectivity index is 1.60. The van der Waals surface area contributed by atoms with E-state index in [1.807, 2.05) is 37.3 Å². The van der Waals surface area contributed by atoms with E-state index in [2.05, 4.69) is 36.5 Å². The highest BCUT2D eigenvalue weighted by Gasteiger charge is 2.18. The summed E-state index contributed by atoms with van der Waals surface area (Å²) in [5, 5.41) is 3.90. The Morgan fingerprint density at radius 2 is 1.65 bits per heavy atom. The van der Waals surface area contributed by atoms with E-state index >= 15 is 0 Å². The fraction of sp³-hybridized carbons (Fsp3) is 0.154. The largest absolute Gasteiger partial charge is 0.349 e. The molecule has 1 N–H and O–H groups in total. The van der Waals surface area contributed by atoms with Crippen molar-refractivity contribution in [2.75, 3.05) is 0 Å². The Bertz CT molecular complexity index is 1170. The predicted molar refractivity (Wildman–Crippen MR) is 124 cm³/mol. The molecule has 156 valence electrons. The Kier molecular flexibility index (Phi) is 6.23. The van der Waals surface area contributed by atoms with Crippen LogP contribution < -0.4 is 5.32 Å². The van der Waals surface area contributed by atoms with Crippen LogP contribution in [0.3, 0.4) is 0 Å². The van der Waals surface area contributed by atoms with Crippen molar-refractivity contribution in [3.8, 4) is 21.0 Å². The van der Waals surface area contributed by atoms with Gasteiger partial charge in [0.1, 0.15) is 10.8 Å². The van der Waals surface area contributed by atoms with Gasteiger partial charge in [0.15, 0.2) is 0 Å². The molecular formula is C26H23FN2OS. The number of nitrogens with zero attached hydrogens (tertiary/aromatic N) is 1. The minimum atomic E-state index is -0.291. The SMILES string of the molecule is Cc1ccc(-c2sc(-c3ccccc3)nc2CC(=O)NC(C)c2ccc(F)cc2)cc1. The lowest BCUT2D eigenvalue weighted by Gasteiger charge is -2.14. The second-order valence-corrected chi connectivity index (χ2v) is 8.54. The molecular weight excluding hydrogens is 407 g/mol. The number of nitrogens with one attached hydrogen (secondary N) is 1. The monoisotopic (exact) mass is 430 g/mol. The average molecular weight is 431 g/mol. The number of rotatable bonds is 6. The first-order valence-electron chi connectivity index (χ1n) is 10.2. The van der Waals surface area contributed by atoms with E-state index < -0.39 is 0 Å². The van der Waals surface area contributed by atoms with E-state index in [0.29, 0.717) is 0 Å². The molecule has 0 spiro atoms. The molecule has 0 saturated heterocycles. The number of thiazole rings is 1. The van der Waals surface area contributed by atoms with Gasteiger partial charge in [0, 0.05) is 5.56 Å². The lowest BCUT2D eigenvalue weighted by molar-refractivity contribution is -0.121. The van der Waals surface area contributed by atoms with E-state index in [4.69, 9.17) is 4.98 Å². The summed E-state index contributed by atoms with van der Waals surface area (Å²) >= 11 is 1.60. The van der Waals surface area contributed by atoms with Crippen LogP contribution in [0.4, 0.5) is 4.39 Å². The van der Waals surface area contributed by atoms with E-state index in [1.165, 1.54) is 17.7 Å². The third-order valence-electron chi connectivity index (χ3n) is 5.11. The van der Waals surface area contributed by atoms with Crippen molar-refractivity contribution in [3.05, 3.63) is 102 Å².